The summed E-state index contributed by atoms with van der Waals surface area (Å²) in [6.07, 6.45) is 53.1. The Labute approximate surface area is 856 Å². The quantitative estimate of drug-likeness (QED) is 0.0609. The lowest BCUT2D eigenvalue weighted by Gasteiger charge is -2.22. The lowest BCUT2D eigenvalue weighted by molar-refractivity contribution is 0.0745. The number of rotatable bonds is 22. The summed E-state index contributed by atoms with van der Waals surface area (Å²) in [5.74, 6) is 2.65. The number of benzene rings is 5. The number of hydrogen-bond acceptors (Lipinski definition) is 22. The Kier molecular flexibility index (Phi) is 36.7. The first kappa shape index (κ1) is 102. The first-order valence-corrected chi connectivity index (χ1v) is 49.4. The topological polar surface area (TPSA) is 300 Å². The van der Waals surface area contributed by atoms with Crippen molar-refractivity contribution in [1.82, 2.24) is 68.5 Å². The molecule has 0 N–H and O–H groups in total. The number of nitrogens with zero attached hydrogens (tertiary/aromatic N) is 15. The van der Waals surface area contributed by atoms with Crippen molar-refractivity contribution in [3.05, 3.63) is 460 Å². The minimum Gasteiger partial charge on any atom is -0.465 e. The van der Waals surface area contributed by atoms with Gasteiger partial charge in [-0.1, -0.05) is 115 Å². The zero-order valence-corrected chi connectivity index (χ0v) is 82.5. The summed E-state index contributed by atoms with van der Waals surface area (Å²) in [6.45, 7) is 0. The summed E-state index contributed by atoms with van der Waals surface area (Å²) >= 11 is 22.6. The maximum Gasteiger partial charge on any atom is 0.278 e. The van der Waals surface area contributed by atoms with Crippen molar-refractivity contribution in [1.29, 1.82) is 0 Å². The van der Waals surface area contributed by atoms with Gasteiger partial charge in [0, 0.05) is 133 Å². The van der Waals surface area contributed by atoms with Crippen molar-refractivity contribution < 1.29 is 51.2 Å². The highest BCUT2D eigenvalue weighted by atomic mass is 35.5. The van der Waals surface area contributed by atoms with Crippen LogP contribution in [0.5, 0.6) is 0 Å². The highest BCUT2D eigenvalue weighted by Crippen LogP contribution is 2.30. The van der Waals surface area contributed by atoms with Crippen LogP contribution in [0.25, 0.3) is 85.1 Å². The molecule has 19 aromatic rings. The Hall–Kier alpha value is -16.7. The van der Waals surface area contributed by atoms with Gasteiger partial charge in [-0.25, -0.2) is 32.8 Å². The van der Waals surface area contributed by atoms with Gasteiger partial charge >= 0.3 is 0 Å². The average molecular weight is 2030 g/mol. The van der Waals surface area contributed by atoms with E-state index in [1.807, 2.05) is 193 Å². The van der Waals surface area contributed by atoms with Crippen molar-refractivity contribution in [3.63, 3.8) is 0 Å². The standard InChI is InChI=1S/C18H17N3O2.2C16H11ClN2O2.C16H11ClN2OS.C16H12N2O2.C16H18N2OS.C14H14N2OS/c1-20(2)16-6-3-5-14(13-16)18(22)21-11-10-15(19-21)8-9-17-7-4-12-23-17;17-13-4-1-3-12(11-13)16(20)19-9-8-14(18-19)6-7-15-5-2-10-21-15;17-13-5-3-12(4-6-13)16(20)19-10-9-14(18-19)7-8-15-2-1-11-21-15;17-13-4-1-3-12(11-13)16(20)19-9-8-14(18-19)6-7-15-5-2-10-21-15;2*19-16(13-5-2-1-3-6-13)18-11-10-14(17-18)8-9-15-7-4-12-20-15;17-14(11-3-1-4-11)16-9-8-12(15-16)6-7-13-5-2-10-18-13/h3-13H,1-2H3;3*1-11H;1-12H;4,7-13H,1-3,5-6H2;2,5-11H,1,3-4H2/b9-8+;7-6+;8-7+;7-6+;2*9-8+;7-6+. The van der Waals surface area contributed by atoms with E-state index in [2.05, 4.69) is 47.8 Å². The maximum absolute atomic E-state index is 12.5. The molecule has 5 aromatic carbocycles. The molecule has 14 heterocycles. The third-order valence-corrected chi connectivity index (χ3v) is 25.0. The first-order chi connectivity index (χ1) is 70.3. The fraction of sp³-hybridized carbons (Fsp3) is 0.107. The Morgan fingerprint density at radius 3 is 0.868 bits per heavy atom. The Morgan fingerprint density at radius 1 is 0.278 bits per heavy atom. The molecule has 0 atom stereocenters. The van der Waals surface area contributed by atoms with Gasteiger partial charge in [0.15, 0.2) is 0 Å². The van der Waals surface area contributed by atoms with E-state index < -0.39 is 0 Å². The summed E-state index contributed by atoms with van der Waals surface area (Å²) in [7, 11) is 3.88. The van der Waals surface area contributed by atoms with E-state index in [1.165, 1.54) is 68.2 Å². The normalized spacial score (nSPS) is 12.5. The highest BCUT2D eigenvalue weighted by molar-refractivity contribution is 7.11. The number of hydrogen-bond donors (Lipinski definition) is 0. The van der Waals surface area contributed by atoms with Crippen LogP contribution in [0.2, 0.25) is 15.1 Å². The van der Waals surface area contributed by atoms with E-state index in [-0.39, 0.29) is 53.2 Å². The van der Waals surface area contributed by atoms with E-state index in [4.69, 9.17) is 52.5 Å². The molecule has 0 bridgehead atoms. The monoisotopic (exact) mass is 2030 g/mol. The Bertz CT molecular complexity index is 7430. The van der Waals surface area contributed by atoms with Crippen LogP contribution in [-0.2, 0) is 0 Å². The molecule has 2 fully saturated rings. The third-order valence-electron chi connectivity index (χ3n) is 21.8. The number of anilines is 1. The van der Waals surface area contributed by atoms with Crippen LogP contribution in [0.15, 0.2) is 357 Å². The number of carbonyl (C=O) groups is 7. The minimum atomic E-state index is -0.227. The van der Waals surface area contributed by atoms with Crippen LogP contribution >= 0.6 is 68.8 Å². The third kappa shape index (κ3) is 30.4. The molecular formula is C112H94Cl3N15O11S3. The number of aromatic nitrogens is 14. The van der Waals surface area contributed by atoms with Crippen molar-refractivity contribution in [3.8, 4) is 0 Å². The predicted octanol–water partition coefficient (Wildman–Crippen LogP) is 27.1. The van der Waals surface area contributed by atoms with E-state index in [0.29, 0.717) is 65.7 Å². The van der Waals surface area contributed by atoms with E-state index in [9.17, 15) is 33.6 Å². The van der Waals surface area contributed by atoms with Gasteiger partial charge in [-0.05, 0) is 327 Å². The molecule has 2 aliphatic carbocycles. The van der Waals surface area contributed by atoms with Gasteiger partial charge in [-0.2, -0.15) is 35.7 Å². The lowest BCUT2D eigenvalue weighted by atomic mass is 9.85. The Morgan fingerprint density at radius 2 is 0.569 bits per heavy atom. The van der Waals surface area contributed by atoms with Gasteiger partial charge in [0.25, 0.3) is 29.5 Å². The second kappa shape index (κ2) is 52.0. The minimum absolute atomic E-state index is 0.136. The molecule has 0 aliphatic heterocycles. The summed E-state index contributed by atoms with van der Waals surface area (Å²) in [6, 6.07) is 76.3. The summed E-state index contributed by atoms with van der Waals surface area (Å²) in [5, 5.41) is 37.6. The molecule has 0 spiro atoms. The molecule has 144 heavy (non-hydrogen) atoms. The van der Waals surface area contributed by atoms with Crippen molar-refractivity contribution in [2.24, 2.45) is 11.8 Å². The van der Waals surface area contributed by atoms with Crippen LogP contribution in [0, 0.1) is 11.8 Å². The number of thiophene rings is 3. The largest absolute Gasteiger partial charge is 0.465 e. The molecule has 21 rings (SSSR count). The van der Waals surface area contributed by atoms with Gasteiger partial charge in [0.2, 0.25) is 11.8 Å². The molecule has 26 nitrogen and oxygen atoms in total. The second-order valence-corrected chi connectivity index (χ2v) is 36.5. The fourth-order valence-electron chi connectivity index (χ4n) is 14.0. The molecule has 0 amide bonds. The van der Waals surface area contributed by atoms with Gasteiger partial charge in [-0.3, -0.25) is 33.6 Å². The predicted molar refractivity (Wildman–Crippen MR) is 571 cm³/mol. The van der Waals surface area contributed by atoms with Crippen LogP contribution in [-0.4, -0.2) is 124 Å². The summed E-state index contributed by atoms with van der Waals surface area (Å²) < 4.78 is 30.4. The molecule has 0 radical (unpaired) electrons. The van der Waals surface area contributed by atoms with Gasteiger partial charge in [0.05, 0.1) is 64.9 Å². The molecule has 14 aromatic heterocycles. The average Bonchev–Trinajstić information content (AvgIpc) is 1.70. The fourth-order valence-corrected chi connectivity index (χ4v) is 16.4. The zero-order valence-electron chi connectivity index (χ0n) is 77.8. The molecule has 2 aliphatic rings. The molecule has 0 saturated heterocycles. The van der Waals surface area contributed by atoms with Crippen molar-refractivity contribution in [2.45, 2.75) is 51.4 Å². The summed E-state index contributed by atoms with van der Waals surface area (Å²) in [4.78, 5) is 91.1. The molecule has 722 valence electrons. The van der Waals surface area contributed by atoms with E-state index >= 15 is 0 Å². The number of halogens is 3. The highest BCUT2D eigenvalue weighted by Gasteiger charge is 2.28. The van der Waals surface area contributed by atoms with Crippen molar-refractivity contribution in [2.75, 3.05) is 19.0 Å². The van der Waals surface area contributed by atoms with Crippen LogP contribution in [0.4, 0.5) is 5.69 Å². The number of carbonyl (C=O) groups excluding carboxylic acids is 7. The molecular weight excluding hydrogens is 1930 g/mol. The molecule has 2 saturated carbocycles. The van der Waals surface area contributed by atoms with E-state index in [1.54, 1.807) is 272 Å². The summed E-state index contributed by atoms with van der Waals surface area (Å²) in [5.41, 5.74) is 8.85. The smallest absolute Gasteiger partial charge is 0.278 e. The van der Waals surface area contributed by atoms with Gasteiger partial charge in [0.1, 0.15) is 23.0 Å². The molecule has 32 heteroatoms. The van der Waals surface area contributed by atoms with Crippen LogP contribution < -0.4 is 4.90 Å². The zero-order chi connectivity index (χ0) is 100. The van der Waals surface area contributed by atoms with Gasteiger partial charge in [-0.15, -0.1) is 34.0 Å². The second-order valence-electron chi connectivity index (χ2n) is 32.2. The molecule has 0 unspecified atom stereocenters. The SMILES string of the molecule is CN(C)c1cccc(C(=O)n2ccc(/C=C/c3ccco3)n2)c1.O=C(C1CCC1)n1ccc(/C=C/c2cccs2)n1.O=C(C1CCCCC1)n1ccc(/C=C/c2cccs2)n1.O=C(c1ccc(Cl)cc1)n1ccc(/C=C/c2ccco2)n1.O=C(c1cccc(Cl)c1)n1ccc(/C=C/c2ccco2)n1.O=C(c1cccc(Cl)c1)n1ccc(/C=C/c2cccs2)n1.O=C(c1ccccc1)n1ccc(/C=C/c2ccco2)n1. The lowest BCUT2D eigenvalue weighted by Crippen LogP contribution is -2.27. The Balaban J connectivity index is 0.000000127. The van der Waals surface area contributed by atoms with E-state index in [0.717, 1.165) is 76.4 Å². The number of furan rings is 4. The first-order valence-electron chi connectivity index (χ1n) is 45.6. The van der Waals surface area contributed by atoms with Crippen LogP contribution in [0.1, 0.15) is 190 Å². The van der Waals surface area contributed by atoms with Crippen LogP contribution in [0.3, 0.4) is 0 Å². The maximum atomic E-state index is 12.5. The van der Waals surface area contributed by atoms with Gasteiger partial charge < -0.3 is 22.6 Å². The van der Waals surface area contributed by atoms with Crippen molar-refractivity contribution >= 4 is 201 Å².